The first-order chi connectivity index (χ1) is 11.4. The fourth-order valence-electron chi connectivity index (χ4n) is 3.10. The molecular weight excluding hydrogens is 328 g/mol. The van der Waals surface area contributed by atoms with E-state index in [2.05, 4.69) is 0 Å². The van der Waals surface area contributed by atoms with E-state index in [0.717, 1.165) is 17.5 Å². The zero-order valence-corrected chi connectivity index (χ0v) is 14.1. The fraction of sp³-hybridized carbons (Fsp3) is 0.294. The maximum atomic E-state index is 13.0. The van der Waals surface area contributed by atoms with Crippen molar-refractivity contribution in [2.75, 3.05) is 6.54 Å². The molecule has 0 unspecified atom stereocenters. The molecule has 0 saturated carbocycles. The number of nitrogens with zero attached hydrogens (tertiary/aromatic N) is 2. The van der Waals surface area contributed by atoms with Crippen molar-refractivity contribution in [3.05, 3.63) is 69.8 Å². The van der Waals surface area contributed by atoms with Crippen molar-refractivity contribution in [1.29, 1.82) is 0 Å². The van der Waals surface area contributed by atoms with Gasteiger partial charge < -0.3 is 0 Å². The minimum atomic E-state index is -3.93. The second kappa shape index (κ2) is 6.33. The van der Waals surface area contributed by atoms with Gasteiger partial charge in [-0.15, -0.1) is 0 Å². The Morgan fingerprint density at radius 2 is 1.79 bits per heavy atom. The zero-order valence-electron chi connectivity index (χ0n) is 13.3. The predicted molar refractivity (Wildman–Crippen MR) is 90.1 cm³/mol. The molecule has 0 N–H and O–H groups in total. The first-order valence-electron chi connectivity index (χ1n) is 7.73. The van der Waals surface area contributed by atoms with Crippen molar-refractivity contribution in [2.45, 2.75) is 30.7 Å². The molecule has 126 valence electrons. The summed E-state index contributed by atoms with van der Waals surface area (Å²) < 4.78 is 27.5. The van der Waals surface area contributed by atoms with Crippen LogP contribution < -0.4 is 0 Å². The Balaban J connectivity index is 2.03. The number of hydrogen-bond acceptors (Lipinski definition) is 4. The average Bonchev–Trinajstić information content (AvgIpc) is 3.06. The molecule has 1 saturated heterocycles. The van der Waals surface area contributed by atoms with Crippen molar-refractivity contribution >= 4 is 15.7 Å². The van der Waals surface area contributed by atoms with E-state index in [0.29, 0.717) is 13.0 Å². The number of benzene rings is 2. The fourth-order valence-corrected chi connectivity index (χ4v) is 4.94. The van der Waals surface area contributed by atoms with Gasteiger partial charge in [0.2, 0.25) is 10.0 Å². The highest BCUT2D eigenvalue weighted by Crippen LogP contribution is 2.38. The monoisotopic (exact) mass is 346 g/mol. The Kier molecular flexibility index (Phi) is 4.38. The molecule has 2 aromatic rings. The van der Waals surface area contributed by atoms with Gasteiger partial charge in [0.25, 0.3) is 5.69 Å². The highest BCUT2D eigenvalue weighted by molar-refractivity contribution is 7.89. The smallest absolute Gasteiger partial charge is 0.258 e. The molecule has 0 spiro atoms. The van der Waals surface area contributed by atoms with E-state index in [1.165, 1.54) is 28.6 Å². The Hall–Kier alpha value is -2.25. The number of nitro groups is 1. The van der Waals surface area contributed by atoms with Crippen molar-refractivity contribution in [2.24, 2.45) is 0 Å². The second-order valence-electron chi connectivity index (χ2n) is 5.91. The first kappa shape index (κ1) is 16.6. The van der Waals surface area contributed by atoms with Gasteiger partial charge in [0.1, 0.15) is 0 Å². The molecule has 0 radical (unpaired) electrons. The van der Waals surface area contributed by atoms with Gasteiger partial charge in [-0.2, -0.15) is 4.31 Å². The topological polar surface area (TPSA) is 80.5 Å². The Bertz CT molecular complexity index is 862. The molecule has 1 aliphatic rings. The Labute approximate surface area is 140 Å². The standard InChI is InChI=1S/C17H18N2O4S/c1-13-8-10-14(11-9-13)15-6-4-12-18(15)24(22,23)17-7-3-2-5-16(17)19(20)21/h2-3,5,7-11,15H,4,6,12H2,1H3/t15-/m1/s1. The summed E-state index contributed by atoms with van der Waals surface area (Å²) in [6.45, 7) is 2.34. The zero-order chi connectivity index (χ0) is 17.3. The molecule has 3 rings (SSSR count). The molecule has 0 amide bonds. The summed E-state index contributed by atoms with van der Waals surface area (Å²) >= 11 is 0. The van der Waals surface area contributed by atoms with Crippen LogP contribution in [-0.4, -0.2) is 24.2 Å². The molecule has 6 nitrogen and oxygen atoms in total. The van der Waals surface area contributed by atoms with Crippen molar-refractivity contribution in [1.82, 2.24) is 4.31 Å². The molecule has 1 aliphatic heterocycles. The minimum absolute atomic E-state index is 0.242. The van der Waals surface area contributed by atoms with Gasteiger partial charge in [-0.05, 0) is 31.4 Å². The summed E-state index contributed by atoms with van der Waals surface area (Å²) in [4.78, 5) is 10.3. The van der Waals surface area contributed by atoms with Crippen LogP contribution >= 0.6 is 0 Å². The van der Waals surface area contributed by atoms with E-state index in [1.807, 2.05) is 31.2 Å². The van der Waals surface area contributed by atoms with E-state index in [1.54, 1.807) is 0 Å². The Morgan fingerprint density at radius 3 is 2.46 bits per heavy atom. The molecule has 1 atom stereocenters. The van der Waals surface area contributed by atoms with Crippen molar-refractivity contribution < 1.29 is 13.3 Å². The van der Waals surface area contributed by atoms with E-state index in [4.69, 9.17) is 0 Å². The summed E-state index contributed by atoms with van der Waals surface area (Å²) in [6, 6.07) is 13.0. The second-order valence-corrected chi connectivity index (χ2v) is 7.77. The van der Waals surface area contributed by atoms with Crippen molar-refractivity contribution in [3.63, 3.8) is 0 Å². The third-order valence-corrected chi connectivity index (χ3v) is 6.27. The van der Waals surface area contributed by atoms with E-state index in [9.17, 15) is 18.5 Å². The third-order valence-electron chi connectivity index (χ3n) is 4.31. The molecule has 24 heavy (non-hydrogen) atoms. The highest BCUT2D eigenvalue weighted by atomic mass is 32.2. The number of rotatable bonds is 4. The average molecular weight is 346 g/mol. The summed E-state index contributed by atoms with van der Waals surface area (Å²) in [7, 11) is -3.93. The maximum absolute atomic E-state index is 13.0. The van der Waals surface area contributed by atoms with Crippen LogP contribution in [0.1, 0.15) is 30.0 Å². The van der Waals surface area contributed by atoms with Crippen molar-refractivity contribution in [3.8, 4) is 0 Å². The molecule has 1 heterocycles. The van der Waals surface area contributed by atoms with Crippen LogP contribution in [0.15, 0.2) is 53.4 Å². The lowest BCUT2D eigenvalue weighted by atomic mass is 10.0. The highest BCUT2D eigenvalue weighted by Gasteiger charge is 2.39. The summed E-state index contributed by atoms with van der Waals surface area (Å²) in [6.07, 6.45) is 1.45. The van der Waals surface area contributed by atoms with Crippen LogP contribution in [-0.2, 0) is 10.0 Å². The van der Waals surface area contributed by atoms with E-state index < -0.39 is 14.9 Å². The van der Waals surface area contributed by atoms with Crippen LogP contribution in [0.5, 0.6) is 0 Å². The van der Waals surface area contributed by atoms with Gasteiger partial charge in [0.05, 0.1) is 11.0 Å². The lowest BCUT2D eigenvalue weighted by molar-refractivity contribution is -0.387. The van der Waals surface area contributed by atoms with Gasteiger partial charge >= 0.3 is 0 Å². The third kappa shape index (κ3) is 2.92. The lowest BCUT2D eigenvalue weighted by Gasteiger charge is -2.24. The van der Waals surface area contributed by atoms with E-state index >= 15 is 0 Å². The quantitative estimate of drug-likeness (QED) is 0.627. The summed E-state index contributed by atoms with van der Waals surface area (Å²) in [5.41, 5.74) is 1.64. The molecule has 2 aromatic carbocycles. The van der Waals surface area contributed by atoms with Crippen LogP contribution in [0.4, 0.5) is 5.69 Å². The number of sulfonamides is 1. The molecule has 7 heteroatoms. The molecule has 0 aliphatic carbocycles. The summed E-state index contributed by atoms with van der Waals surface area (Å²) in [5.74, 6) is 0. The molecule has 0 aromatic heterocycles. The van der Waals surface area contributed by atoms with Gasteiger partial charge in [-0.1, -0.05) is 42.0 Å². The van der Waals surface area contributed by atoms with Gasteiger partial charge in [0.15, 0.2) is 4.90 Å². The van der Waals surface area contributed by atoms with Crippen LogP contribution in [0.2, 0.25) is 0 Å². The minimum Gasteiger partial charge on any atom is -0.258 e. The SMILES string of the molecule is Cc1ccc([C@H]2CCCN2S(=O)(=O)c2ccccc2[N+](=O)[O-])cc1. The normalized spacial score (nSPS) is 18.6. The predicted octanol–water partition coefficient (Wildman–Crippen LogP) is 3.43. The molecule has 0 bridgehead atoms. The van der Waals surface area contributed by atoms with Gasteiger partial charge in [0, 0.05) is 12.6 Å². The number of nitro benzene ring substituents is 1. The molecule has 1 fully saturated rings. The lowest BCUT2D eigenvalue weighted by Crippen LogP contribution is -2.31. The van der Waals surface area contributed by atoms with Crippen LogP contribution in [0.25, 0.3) is 0 Å². The largest absolute Gasteiger partial charge is 0.289 e. The molecular formula is C17H18N2O4S. The Morgan fingerprint density at radius 1 is 1.12 bits per heavy atom. The first-order valence-corrected chi connectivity index (χ1v) is 9.17. The number of para-hydroxylation sites is 1. The van der Waals surface area contributed by atoms with Gasteiger partial charge in [-0.25, -0.2) is 8.42 Å². The maximum Gasteiger partial charge on any atom is 0.289 e. The van der Waals surface area contributed by atoms with Crippen LogP contribution in [0.3, 0.4) is 0 Å². The summed E-state index contributed by atoms with van der Waals surface area (Å²) in [5, 5.41) is 11.2. The van der Waals surface area contributed by atoms with Gasteiger partial charge in [-0.3, -0.25) is 10.1 Å². The number of aryl methyl sites for hydroxylation is 1. The number of hydrogen-bond donors (Lipinski definition) is 0. The van der Waals surface area contributed by atoms with E-state index in [-0.39, 0.29) is 16.6 Å². The van der Waals surface area contributed by atoms with Crippen LogP contribution in [0, 0.1) is 17.0 Å².